The normalized spacial score (nSPS) is 13.7. The van der Waals surface area contributed by atoms with Crippen LogP contribution >= 0.6 is 0 Å². The van der Waals surface area contributed by atoms with E-state index < -0.39 is 24.0 Å². The zero-order valence-electron chi connectivity index (χ0n) is 11.0. The quantitative estimate of drug-likeness (QED) is 0.426. The minimum atomic E-state index is -1.11. The van der Waals surface area contributed by atoms with E-state index in [-0.39, 0.29) is 5.92 Å². The highest BCUT2D eigenvalue weighted by Gasteiger charge is 2.22. The Morgan fingerprint density at radius 2 is 2.06 bits per heavy atom. The van der Waals surface area contributed by atoms with Crippen LogP contribution in [0.5, 0.6) is 0 Å². The minimum absolute atomic E-state index is 0.194. The van der Waals surface area contributed by atoms with Crippen LogP contribution in [-0.2, 0) is 9.59 Å². The van der Waals surface area contributed by atoms with Crippen LogP contribution in [0.15, 0.2) is 0 Å². The zero-order chi connectivity index (χ0) is 14.1. The van der Waals surface area contributed by atoms with Crippen LogP contribution in [0.4, 0.5) is 0 Å². The molecular weight excluding hydrogens is 232 g/mol. The summed E-state index contributed by atoms with van der Waals surface area (Å²) in [4.78, 5) is 22.8. The molecule has 0 aromatic rings. The predicted octanol–water partition coefficient (Wildman–Crippen LogP) is 0.167. The molecule has 0 heterocycles. The number of rotatable bonds is 8. The van der Waals surface area contributed by atoms with E-state index in [0.717, 1.165) is 0 Å². The van der Waals surface area contributed by atoms with E-state index in [1.54, 1.807) is 0 Å². The predicted molar refractivity (Wildman–Crippen MR) is 69.3 cm³/mol. The molecule has 0 fully saturated rings. The number of amides is 2. The van der Waals surface area contributed by atoms with Gasteiger partial charge in [0.25, 0.3) is 0 Å². The fraction of sp³-hybridized carbons (Fsp3) is 0.692. The molecule has 18 heavy (non-hydrogen) atoms. The summed E-state index contributed by atoms with van der Waals surface area (Å²) in [5.41, 5.74) is 5.18. The number of nitrogens with two attached hydrogens (primary N) is 1. The van der Waals surface area contributed by atoms with Gasteiger partial charge in [-0.15, -0.1) is 12.3 Å². The molecule has 0 radical (unpaired) electrons. The Labute approximate surface area is 108 Å². The van der Waals surface area contributed by atoms with Gasteiger partial charge in [-0.05, 0) is 25.2 Å². The van der Waals surface area contributed by atoms with Gasteiger partial charge in [0, 0.05) is 6.42 Å². The summed E-state index contributed by atoms with van der Waals surface area (Å²) in [5, 5.41) is 12.0. The lowest BCUT2D eigenvalue weighted by Gasteiger charge is -2.18. The van der Waals surface area contributed by atoms with Crippen molar-refractivity contribution in [2.45, 2.75) is 51.7 Å². The number of hydrogen-bond donors (Lipinski definition) is 3. The molecule has 102 valence electrons. The van der Waals surface area contributed by atoms with E-state index in [2.05, 4.69) is 11.2 Å². The van der Waals surface area contributed by atoms with Crippen molar-refractivity contribution in [1.29, 1.82) is 0 Å². The van der Waals surface area contributed by atoms with Crippen molar-refractivity contribution in [2.24, 2.45) is 11.7 Å². The minimum Gasteiger partial charge on any atom is -0.383 e. The Morgan fingerprint density at radius 3 is 2.50 bits per heavy atom. The molecule has 0 unspecified atom stereocenters. The zero-order valence-corrected chi connectivity index (χ0v) is 11.0. The van der Waals surface area contributed by atoms with Crippen molar-refractivity contribution in [3.8, 4) is 12.3 Å². The van der Waals surface area contributed by atoms with Gasteiger partial charge in [-0.25, -0.2) is 0 Å². The molecule has 0 saturated heterocycles. The first-order valence-electron chi connectivity index (χ1n) is 6.09. The van der Waals surface area contributed by atoms with E-state index in [9.17, 15) is 14.7 Å². The van der Waals surface area contributed by atoms with Crippen molar-refractivity contribution in [2.75, 3.05) is 0 Å². The maximum Gasteiger partial charge on any atom is 0.249 e. The molecule has 5 heteroatoms. The molecule has 0 aromatic carbocycles. The Hall–Kier alpha value is -1.54. The molecule has 0 rings (SSSR count). The smallest absolute Gasteiger partial charge is 0.249 e. The molecule has 0 aliphatic carbocycles. The van der Waals surface area contributed by atoms with Crippen molar-refractivity contribution >= 4 is 11.8 Å². The standard InChI is InChI=1S/C13H22N2O3/c1-4-5-6-7-10(12(14)17)15-13(18)11(16)8-9(2)3/h1,9-11,16H,5-8H2,2-3H3,(H2,14,17)(H,15,18)/t10-,11+/m0/s1. The second-order valence-electron chi connectivity index (χ2n) is 4.71. The number of aliphatic hydroxyl groups is 1. The number of unbranched alkanes of at least 4 members (excludes halogenated alkanes) is 1. The topological polar surface area (TPSA) is 92.4 Å². The van der Waals surface area contributed by atoms with Gasteiger partial charge in [0.1, 0.15) is 12.1 Å². The third kappa shape index (κ3) is 6.92. The van der Waals surface area contributed by atoms with Crippen LogP contribution < -0.4 is 11.1 Å². The van der Waals surface area contributed by atoms with Crippen LogP contribution in [0.1, 0.15) is 39.5 Å². The lowest BCUT2D eigenvalue weighted by atomic mass is 10.0. The second kappa shape index (κ2) is 8.54. The summed E-state index contributed by atoms with van der Waals surface area (Å²) in [6.07, 6.45) is 5.85. The first kappa shape index (κ1) is 16.5. The Morgan fingerprint density at radius 1 is 1.44 bits per heavy atom. The Balaban J connectivity index is 4.27. The van der Waals surface area contributed by atoms with Gasteiger partial charge in [-0.2, -0.15) is 0 Å². The van der Waals surface area contributed by atoms with Gasteiger partial charge >= 0.3 is 0 Å². The van der Waals surface area contributed by atoms with Crippen LogP contribution in [0, 0.1) is 18.3 Å². The highest BCUT2D eigenvalue weighted by atomic mass is 16.3. The first-order chi connectivity index (χ1) is 8.38. The lowest BCUT2D eigenvalue weighted by molar-refractivity contribution is -0.133. The maximum absolute atomic E-state index is 11.6. The number of primary amides is 1. The van der Waals surface area contributed by atoms with E-state index in [1.807, 2.05) is 13.8 Å². The number of terminal acetylenes is 1. The summed E-state index contributed by atoms with van der Waals surface area (Å²) < 4.78 is 0. The summed E-state index contributed by atoms with van der Waals surface area (Å²) in [6.45, 7) is 3.80. The van der Waals surface area contributed by atoms with Crippen LogP contribution in [0.25, 0.3) is 0 Å². The molecule has 0 spiro atoms. The van der Waals surface area contributed by atoms with E-state index >= 15 is 0 Å². The van der Waals surface area contributed by atoms with Gasteiger partial charge < -0.3 is 16.2 Å². The Bertz CT molecular complexity index is 321. The van der Waals surface area contributed by atoms with Crippen molar-refractivity contribution in [3.05, 3.63) is 0 Å². The highest BCUT2D eigenvalue weighted by Crippen LogP contribution is 2.06. The van der Waals surface area contributed by atoms with E-state index in [0.29, 0.717) is 25.7 Å². The number of aliphatic hydroxyl groups excluding tert-OH is 1. The molecule has 2 amide bonds. The van der Waals surface area contributed by atoms with Gasteiger partial charge in [0.15, 0.2) is 0 Å². The molecule has 0 aliphatic heterocycles. The molecule has 2 atom stereocenters. The number of hydrogen-bond acceptors (Lipinski definition) is 3. The molecule has 0 bridgehead atoms. The van der Waals surface area contributed by atoms with Crippen molar-refractivity contribution in [1.82, 2.24) is 5.32 Å². The van der Waals surface area contributed by atoms with Crippen LogP contribution in [0.2, 0.25) is 0 Å². The van der Waals surface area contributed by atoms with Crippen molar-refractivity contribution in [3.63, 3.8) is 0 Å². The van der Waals surface area contributed by atoms with Gasteiger partial charge in [0.2, 0.25) is 11.8 Å². The first-order valence-corrected chi connectivity index (χ1v) is 6.09. The van der Waals surface area contributed by atoms with E-state index in [4.69, 9.17) is 12.2 Å². The maximum atomic E-state index is 11.6. The molecule has 0 saturated carbocycles. The van der Waals surface area contributed by atoms with Gasteiger partial charge in [0.05, 0.1) is 0 Å². The fourth-order valence-corrected chi connectivity index (χ4v) is 1.52. The number of carbonyl (C=O) groups excluding carboxylic acids is 2. The summed E-state index contributed by atoms with van der Waals surface area (Å²) in [7, 11) is 0. The number of nitrogens with one attached hydrogen (secondary N) is 1. The molecular formula is C13H22N2O3. The SMILES string of the molecule is C#CCCC[C@H](NC(=O)[C@H](O)CC(C)C)C(N)=O. The average Bonchev–Trinajstić information content (AvgIpc) is 2.26. The largest absolute Gasteiger partial charge is 0.383 e. The number of carbonyl (C=O) groups is 2. The third-order valence-corrected chi connectivity index (χ3v) is 2.47. The molecule has 4 N–H and O–H groups in total. The highest BCUT2D eigenvalue weighted by molar-refractivity contribution is 5.88. The summed E-state index contributed by atoms with van der Waals surface area (Å²) >= 11 is 0. The Kier molecular flexibility index (Phi) is 7.81. The molecule has 5 nitrogen and oxygen atoms in total. The summed E-state index contributed by atoms with van der Waals surface area (Å²) in [5.74, 6) is 1.47. The van der Waals surface area contributed by atoms with Gasteiger partial charge in [-0.3, -0.25) is 9.59 Å². The fourth-order valence-electron chi connectivity index (χ4n) is 1.52. The van der Waals surface area contributed by atoms with Crippen LogP contribution in [0.3, 0.4) is 0 Å². The van der Waals surface area contributed by atoms with E-state index in [1.165, 1.54) is 0 Å². The summed E-state index contributed by atoms with van der Waals surface area (Å²) in [6, 6.07) is -0.771. The molecule has 0 aromatic heterocycles. The third-order valence-electron chi connectivity index (χ3n) is 2.47. The average molecular weight is 254 g/mol. The van der Waals surface area contributed by atoms with Crippen LogP contribution in [-0.4, -0.2) is 29.1 Å². The monoisotopic (exact) mass is 254 g/mol. The molecule has 0 aliphatic rings. The second-order valence-corrected chi connectivity index (χ2v) is 4.71. The lowest BCUT2D eigenvalue weighted by Crippen LogP contribution is -2.48. The van der Waals surface area contributed by atoms with Crippen molar-refractivity contribution < 1.29 is 14.7 Å². The van der Waals surface area contributed by atoms with Gasteiger partial charge in [-0.1, -0.05) is 13.8 Å².